The first-order valence-electron chi connectivity index (χ1n) is 18.1. The van der Waals surface area contributed by atoms with E-state index in [1.807, 2.05) is 0 Å². The van der Waals surface area contributed by atoms with Crippen LogP contribution in [0.5, 0.6) is 5.75 Å². The molecule has 6 aromatic rings. The molecular formula is C46H48ClN3O3PRu. The van der Waals surface area contributed by atoms with Crippen LogP contribution in [-0.4, -0.2) is 27.7 Å². The van der Waals surface area contributed by atoms with E-state index in [2.05, 4.69) is 173 Å². The first-order chi connectivity index (χ1) is 26.5. The van der Waals surface area contributed by atoms with Crippen LogP contribution < -0.4 is 25.7 Å². The van der Waals surface area contributed by atoms with Crippen LogP contribution in [0.15, 0.2) is 133 Å². The molecule has 7 rings (SSSR count). The second-order valence-electron chi connectivity index (χ2n) is 13.6. The van der Waals surface area contributed by atoms with Crippen molar-refractivity contribution < 1.29 is 25.7 Å². The van der Waals surface area contributed by atoms with E-state index in [-0.39, 0.29) is 11.4 Å². The minimum Gasteiger partial charge on any atom is -0.0620 e. The summed E-state index contributed by atoms with van der Waals surface area (Å²) >= 11 is -0.500. The Morgan fingerprint density at radius 3 is 1.38 bits per heavy atom. The number of hydrogen-bond acceptors (Lipinski definition) is 5. The minimum atomic E-state index is -0.877. The zero-order valence-corrected chi connectivity index (χ0v) is 35.6. The first kappa shape index (κ1) is 41.5. The second kappa shape index (κ2) is 19.8. The van der Waals surface area contributed by atoms with E-state index in [0.29, 0.717) is 5.56 Å². The van der Waals surface area contributed by atoms with Crippen molar-refractivity contribution in [3.05, 3.63) is 189 Å². The van der Waals surface area contributed by atoms with Gasteiger partial charge in [0.15, 0.2) is 0 Å². The zero-order chi connectivity index (χ0) is 39.5. The van der Waals surface area contributed by atoms with Crippen molar-refractivity contribution in [2.75, 3.05) is 22.9 Å². The van der Waals surface area contributed by atoms with Gasteiger partial charge in [-0.25, -0.2) is 0 Å². The summed E-state index contributed by atoms with van der Waals surface area (Å²) in [7, 11) is 4.62. The van der Waals surface area contributed by atoms with Gasteiger partial charge >= 0.3 is 85.3 Å². The molecule has 0 bridgehead atoms. The molecule has 55 heavy (non-hydrogen) atoms. The third-order valence-electron chi connectivity index (χ3n) is 9.26. The molecule has 1 fully saturated rings. The fourth-order valence-corrected chi connectivity index (χ4v) is 10.9. The smallest absolute Gasteiger partial charge is 0.0620 e. The quantitative estimate of drug-likeness (QED) is 0.0570. The molecule has 0 spiro atoms. The number of aromatic hydroxyl groups is 1. The summed E-state index contributed by atoms with van der Waals surface area (Å²) < 4.78 is 1.59. The van der Waals surface area contributed by atoms with E-state index in [9.17, 15) is 15.2 Å². The molecule has 6 nitrogen and oxygen atoms in total. The molecule has 0 unspecified atom stereocenters. The van der Waals surface area contributed by atoms with Crippen LogP contribution in [-0.2, 0) is 15.7 Å². The minimum absolute atomic E-state index is 0.0144. The molecule has 1 saturated heterocycles. The maximum atomic E-state index is 10.4. The van der Waals surface area contributed by atoms with E-state index in [1.54, 1.807) is 4.61 Å². The van der Waals surface area contributed by atoms with Gasteiger partial charge in [-0.1, -0.05) is 90.0 Å². The molecular weight excluding hydrogens is 810 g/mol. The maximum Gasteiger partial charge on any atom is 0.102 e. The summed E-state index contributed by atoms with van der Waals surface area (Å²) in [5, 5.41) is 23.9. The molecule has 285 valence electrons. The second-order valence-corrected chi connectivity index (χ2v) is 17.9. The van der Waals surface area contributed by atoms with Gasteiger partial charge < -0.3 is 9.80 Å². The fraction of sp³-hybridized carbons (Fsp3) is 0.174. The number of nitro benzene ring substituents is 1. The van der Waals surface area contributed by atoms with Crippen LogP contribution in [0.25, 0.3) is 0 Å². The third-order valence-corrected chi connectivity index (χ3v) is 13.2. The molecule has 0 atom stereocenters. The van der Waals surface area contributed by atoms with Crippen molar-refractivity contribution in [2.45, 2.75) is 41.5 Å². The molecule has 1 heterocycles. The van der Waals surface area contributed by atoms with E-state index in [1.165, 1.54) is 78.9 Å². The number of anilines is 2. The fourth-order valence-electron chi connectivity index (χ4n) is 7.18. The number of nitrogens with zero attached hydrogens (tertiary/aromatic N) is 3. The van der Waals surface area contributed by atoms with Crippen LogP contribution >= 0.6 is 17.6 Å². The molecule has 0 radical (unpaired) electrons. The standard InChI is InChI=1S/C21H27N2.C18H15P.C7H5NO3.ClH.Ru/c1-14-9-16(3)20(17(4)10-14)22-7-8-23(13-22)21-18(5)11-15(2)12-19(21)6;1-4-10-16(11-5-1)19(17-12-6-2-7-13-17)18-14-8-3-9-15-18;1-5-4-6(8(10)11)2-3-7(5)9;;/h9-13H,7-8H2,1-6H3;1-15H;1-4,9H;1H;/q-1;;;;+1. The maximum absolute atomic E-state index is 10.4. The first-order valence-corrected chi connectivity index (χ1v) is 22.8. The van der Waals surface area contributed by atoms with Crippen LogP contribution in [0.2, 0.25) is 0 Å². The zero-order valence-electron chi connectivity index (χ0n) is 32.1. The van der Waals surface area contributed by atoms with Gasteiger partial charge in [0.05, 0.1) is 7.92 Å². The Balaban J connectivity index is 0.000000165. The van der Waals surface area contributed by atoms with Crippen molar-refractivity contribution in [2.24, 2.45) is 0 Å². The van der Waals surface area contributed by atoms with Gasteiger partial charge in [-0.15, -0.1) is 0 Å². The van der Waals surface area contributed by atoms with Crippen LogP contribution in [0.1, 0.15) is 38.9 Å². The Labute approximate surface area is 338 Å². The number of hydrogen-bond donors (Lipinski definition) is 1. The van der Waals surface area contributed by atoms with Gasteiger partial charge in [0.25, 0.3) is 0 Å². The van der Waals surface area contributed by atoms with E-state index in [4.69, 9.17) is 9.69 Å². The molecule has 0 saturated carbocycles. The Bertz CT molecular complexity index is 2030. The summed E-state index contributed by atoms with van der Waals surface area (Å²) in [6.45, 7) is 17.6. The summed E-state index contributed by atoms with van der Waals surface area (Å²) in [4.78, 5) is 14.7. The number of aryl methyl sites for hydroxylation is 6. The number of phenols is 1. The van der Waals surface area contributed by atoms with Gasteiger partial charge in [0.1, 0.15) is 15.9 Å². The molecule has 1 aliphatic heterocycles. The molecule has 1 aliphatic rings. The molecule has 1 N–H and O–H groups in total. The number of phenolic OH excluding ortho intramolecular Hbond substituents is 1. The monoisotopic (exact) mass is 858 g/mol. The summed E-state index contributed by atoms with van der Waals surface area (Å²) in [5.41, 5.74) is 11.2. The van der Waals surface area contributed by atoms with Gasteiger partial charge in [0.2, 0.25) is 0 Å². The third kappa shape index (κ3) is 11.0. The van der Waals surface area contributed by atoms with Crippen LogP contribution in [0.4, 0.5) is 17.1 Å². The van der Waals surface area contributed by atoms with E-state index in [0.717, 1.165) is 13.1 Å². The predicted molar refractivity (Wildman–Crippen MR) is 233 cm³/mol. The number of rotatable bonds is 7. The van der Waals surface area contributed by atoms with E-state index < -0.39 is 28.5 Å². The largest absolute Gasteiger partial charge is 0.102 e. The Morgan fingerprint density at radius 1 is 0.655 bits per heavy atom. The number of halogens is 1. The Kier molecular flexibility index (Phi) is 14.9. The normalized spacial score (nSPS) is 12.4. The van der Waals surface area contributed by atoms with Crippen molar-refractivity contribution >= 4 is 55.2 Å². The molecule has 9 heteroatoms. The average molecular weight is 858 g/mol. The average Bonchev–Trinajstić information content (AvgIpc) is 3.62. The van der Waals surface area contributed by atoms with Crippen molar-refractivity contribution in [1.82, 2.24) is 0 Å². The van der Waals surface area contributed by atoms with E-state index >= 15 is 0 Å². The molecule has 0 aromatic heterocycles. The van der Waals surface area contributed by atoms with Gasteiger partial charge in [-0.05, 0) is 100 Å². The topological polar surface area (TPSA) is 69.9 Å². The predicted octanol–water partition coefficient (Wildman–Crippen LogP) is 9.85. The SMILES string of the molecule is Cc1cc(C)c(N2[CH-]N(c3c(C)cc(C)cc3C)CC2)c(C)c1.O=[N+]([O-])c1ccc(O)c([CH]=[Ru][Cl])c1.c1ccc([PH+](c2ccccc2)c2ccccc2)cc1. The number of nitro groups is 1. The number of benzene rings is 6. The summed E-state index contributed by atoms with van der Waals surface area (Å²) in [6, 6.07) is 45.4. The van der Waals surface area contributed by atoms with Gasteiger partial charge in [-0.3, -0.25) is 0 Å². The molecule has 0 aliphatic carbocycles. The van der Waals surface area contributed by atoms with Crippen molar-refractivity contribution in [3.8, 4) is 5.75 Å². The molecule has 6 aromatic carbocycles. The summed E-state index contributed by atoms with van der Waals surface area (Å²) in [5.74, 6) is 0.0144. The number of non-ortho nitro benzene ring substituents is 1. The van der Waals surface area contributed by atoms with Crippen LogP contribution in [0, 0.1) is 58.3 Å². The van der Waals surface area contributed by atoms with Crippen molar-refractivity contribution in [3.63, 3.8) is 0 Å². The van der Waals surface area contributed by atoms with Crippen molar-refractivity contribution in [1.29, 1.82) is 0 Å². The van der Waals surface area contributed by atoms with Gasteiger partial charge in [0, 0.05) is 24.5 Å². The Morgan fingerprint density at radius 2 is 1.04 bits per heavy atom. The molecule has 0 amide bonds. The summed E-state index contributed by atoms with van der Waals surface area (Å²) in [6.07, 6.45) is 0. The Hall–Kier alpha value is -4.67. The van der Waals surface area contributed by atoms with Crippen LogP contribution in [0.3, 0.4) is 0 Å². The van der Waals surface area contributed by atoms with Gasteiger partial charge in [-0.2, -0.15) is 6.67 Å².